The predicted molar refractivity (Wildman–Crippen MR) is 64.8 cm³/mol. The second-order valence-corrected chi connectivity index (χ2v) is 1.66. The van der Waals surface area contributed by atoms with Crippen molar-refractivity contribution >= 4 is 5.97 Å². The van der Waals surface area contributed by atoms with Crippen molar-refractivity contribution in [3.05, 3.63) is 32.9 Å². The van der Waals surface area contributed by atoms with Crippen LogP contribution in [0.25, 0.3) is 0 Å². The van der Waals surface area contributed by atoms with Gasteiger partial charge in [-0.2, -0.15) is 20.8 Å². The topological polar surface area (TPSA) is 37.3 Å². The number of carboxylic acid groups (broad SMARTS) is 1. The zero-order valence-corrected chi connectivity index (χ0v) is 12.2. The molecule has 0 aliphatic heterocycles. The SMILES string of the molecule is C=C(CCC)C(=O)O.[CH2-]C.[CH2-]C.[CH2-]C.[Ti+3]. The van der Waals surface area contributed by atoms with Gasteiger partial charge in [-0.15, -0.1) is 0 Å². The molecule has 0 atom stereocenters. The third-order valence-corrected chi connectivity index (χ3v) is 0.854. The largest absolute Gasteiger partial charge is 3.00 e. The van der Waals surface area contributed by atoms with E-state index in [0.29, 0.717) is 12.0 Å². The average molecular weight is 249 g/mol. The summed E-state index contributed by atoms with van der Waals surface area (Å²) in [6.45, 7) is 20.3. The Morgan fingerprint density at radius 3 is 1.47 bits per heavy atom. The van der Waals surface area contributed by atoms with Crippen LogP contribution in [0.5, 0.6) is 0 Å². The van der Waals surface area contributed by atoms with E-state index in [0.717, 1.165) is 6.42 Å². The first-order valence-electron chi connectivity index (χ1n) is 4.71. The molecule has 0 heterocycles. The normalized spacial score (nSPS) is 5.80. The Balaban J connectivity index is -0.0000000410. The summed E-state index contributed by atoms with van der Waals surface area (Å²) in [5.74, 6) is -0.883. The van der Waals surface area contributed by atoms with Crippen LogP contribution in [0, 0.1) is 20.8 Å². The van der Waals surface area contributed by atoms with Gasteiger partial charge in [0.2, 0.25) is 0 Å². The summed E-state index contributed by atoms with van der Waals surface area (Å²) in [7, 11) is 0. The van der Waals surface area contributed by atoms with Gasteiger partial charge in [-0.05, 0) is 6.42 Å². The fraction of sp³-hybridized carbons (Fsp3) is 0.500. The van der Waals surface area contributed by atoms with Crippen LogP contribution >= 0.6 is 0 Å². The molecule has 0 rings (SSSR count). The number of hydrogen-bond acceptors (Lipinski definition) is 1. The van der Waals surface area contributed by atoms with E-state index >= 15 is 0 Å². The van der Waals surface area contributed by atoms with E-state index in [9.17, 15) is 4.79 Å². The van der Waals surface area contributed by atoms with E-state index in [4.69, 9.17) is 5.11 Å². The molecule has 0 spiro atoms. The molecule has 0 aliphatic carbocycles. The monoisotopic (exact) mass is 249 g/mol. The van der Waals surface area contributed by atoms with Gasteiger partial charge < -0.3 is 25.9 Å². The smallest absolute Gasteiger partial charge is 0.478 e. The van der Waals surface area contributed by atoms with Gasteiger partial charge in [0.25, 0.3) is 0 Å². The first-order valence-corrected chi connectivity index (χ1v) is 4.71. The fourth-order valence-electron chi connectivity index (χ4n) is 0.409. The number of carboxylic acids is 1. The number of carbonyl (C=O) groups is 1. The third-order valence-electron chi connectivity index (χ3n) is 0.854. The standard InChI is InChI=1S/C6H10O2.3C2H5.Ti/c1-3-4-5(2)6(7)8;3*1-2;/h2-4H2,1H3,(H,7,8);3*1H2,2H3;/q;3*-1;+3. The summed E-state index contributed by atoms with van der Waals surface area (Å²) >= 11 is 0. The average Bonchev–Trinajstić information content (AvgIpc) is 2.27. The molecule has 89 valence electrons. The van der Waals surface area contributed by atoms with Crippen molar-refractivity contribution in [1.82, 2.24) is 0 Å². The molecule has 0 aliphatic rings. The van der Waals surface area contributed by atoms with Crippen LogP contribution in [0.4, 0.5) is 0 Å². The van der Waals surface area contributed by atoms with Gasteiger partial charge in [0.15, 0.2) is 0 Å². The van der Waals surface area contributed by atoms with Crippen molar-refractivity contribution < 1.29 is 31.6 Å². The Morgan fingerprint density at radius 1 is 1.13 bits per heavy atom. The van der Waals surface area contributed by atoms with Crippen LogP contribution in [0.3, 0.4) is 0 Å². The first-order chi connectivity index (χ1) is 6.68. The third kappa shape index (κ3) is 41.3. The van der Waals surface area contributed by atoms with Gasteiger partial charge in [-0.1, -0.05) is 19.9 Å². The summed E-state index contributed by atoms with van der Waals surface area (Å²) < 4.78 is 0. The molecule has 0 saturated heterocycles. The van der Waals surface area contributed by atoms with Gasteiger partial charge in [0.1, 0.15) is 0 Å². The fourth-order valence-corrected chi connectivity index (χ4v) is 0.409. The molecular weight excluding hydrogens is 224 g/mol. The molecule has 0 saturated carbocycles. The second kappa shape index (κ2) is 37.0. The summed E-state index contributed by atoms with van der Waals surface area (Å²) in [6.07, 6.45) is 1.44. The first kappa shape index (κ1) is 29.4. The zero-order chi connectivity index (χ0) is 12.6. The Kier molecular flexibility index (Phi) is 72.5. The molecule has 0 fully saturated rings. The number of aliphatic carboxylic acids is 1. The van der Waals surface area contributed by atoms with E-state index < -0.39 is 5.97 Å². The van der Waals surface area contributed by atoms with Gasteiger partial charge in [-0.3, -0.25) is 0 Å². The second-order valence-electron chi connectivity index (χ2n) is 1.66. The van der Waals surface area contributed by atoms with Crippen molar-refractivity contribution in [1.29, 1.82) is 0 Å². The van der Waals surface area contributed by atoms with Gasteiger partial charge in [0.05, 0.1) is 0 Å². The molecular formula is C12H25O2Ti. The van der Waals surface area contributed by atoms with Crippen LogP contribution in [0.15, 0.2) is 12.2 Å². The molecule has 0 aromatic carbocycles. The van der Waals surface area contributed by atoms with Crippen molar-refractivity contribution in [2.45, 2.75) is 40.5 Å². The summed E-state index contributed by atoms with van der Waals surface area (Å²) in [5.41, 5.74) is 0.299. The van der Waals surface area contributed by atoms with E-state index in [1.54, 1.807) is 20.8 Å². The molecule has 0 aromatic rings. The predicted octanol–water partition coefficient (Wildman–Crippen LogP) is 3.95. The molecule has 1 N–H and O–H groups in total. The maximum Gasteiger partial charge on any atom is 3.00 e. The van der Waals surface area contributed by atoms with E-state index in [2.05, 4.69) is 27.4 Å². The Bertz CT molecular complexity index is 112. The Hall–Kier alpha value is -0.0757. The molecule has 0 aromatic heterocycles. The van der Waals surface area contributed by atoms with Crippen molar-refractivity contribution in [3.63, 3.8) is 0 Å². The maximum atomic E-state index is 9.99. The molecule has 3 heteroatoms. The molecule has 0 unspecified atom stereocenters. The van der Waals surface area contributed by atoms with Crippen LogP contribution in [0.1, 0.15) is 40.5 Å². The molecule has 0 amide bonds. The Morgan fingerprint density at radius 2 is 1.40 bits per heavy atom. The van der Waals surface area contributed by atoms with Crippen molar-refractivity contribution in [2.75, 3.05) is 0 Å². The minimum atomic E-state index is -0.883. The zero-order valence-electron chi connectivity index (χ0n) is 10.6. The quantitative estimate of drug-likeness (QED) is 0.467. The van der Waals surface area contributed by atoms with Gasteiger partial charge >= 0.3 is 27.7 Å². The van der Waals surface area contributed by atoms with Crippen molar-refractivity contribution in [3.8, 4) is 0 Å². The minimum Gasteiger partial charge on any atom is -0.478 e. The molecule has 2 nitrogen and oxygen atoms in total. The van der Waals surface area contributed by atoms with Crippen LogP contribution in [0.2, 0.25) is 0 Å². The van der Waals surface area contributed by atoms with Gasteiger partial charge in [-0.25, -0.2) is 4.79 Å². The maximum absolute atomic E-state index is 9.99. The number of rotatable bonds is 3. The number of hydrogen-bond donors (Lipinski definition) is 1. The molecule has 1 radical (unpaired) electrons. The summed E-state index contributed by atoms with van der Waals surface area (Å²) in [4.78, 5) is 9.99. The van der Waals surface area contributed by atoms with Crippen LogP contribution in [-0.2, 0) is 26.5 Å². The molecule has 0 bridgehead atoms. The van der Waals surface area contributed by atoms with E-state index in [-0.39, 0.29) is 21.7 Å². The van der Waals surface area contributed by atoms with Gasteiger partial charge in [0, 0.05) is 5.57 Å². The molecule has 15 heavy (non-hydrogen) atoms. The Labute approximate surface area is 111 Å². The minimum absolute atomic E-state index is 0. The van der Waals surface area contributed by atoms with Crippen LogP contribution in [-0.4, -0.2) is 11.1 Å². The summed E-state index contributed by atoms with van der Waals surface area (Å²) in [5, 5.41) is 8.21. The van der Waals surface area contributed by atoms with Crippen LogP contribution < -0.4 is 0 Å². The summed E-state index contributed by atoms with van der Waals surface area (Å²) in [6, 6.07) is 0. The van der Waals surface area contributed by atoms with Crippen molar-refractivity contribution in [2.24, 2.45) is 0 Å². The van der Waals surface area contributed by atoms with E-state index in [1.807, 2.05) is 6.92 Å². The van der Waals surface area contributed by atoms with E-state index in [1.165, 1.54) is 0 Å².